The summed E-state index contributed by atoms with van der Waals surface area (Å²) < 4.78 is 143. The van der Waals surface area contributed by atoms with Crippen LogP contribution in [0.1, 0.15) is 34.6 Å². The van der Waals surface area contributed by atoms with Crippen molar-refractivity contribution in [1.82, 2.24) is 9.62 Å². The normalized spacial score (nSPS) is 14.2. The topological polar surface area (TPSA) is 171 Å². The highest BCUT2D eigenvalue weighted by atomic mass is 32.3. The van der Waals surface area contributed by atoms with Crippen LogP contribution in [0.5, 0.6) is 0 Å². The highest BCUT2D eigenvalue weighted by molar-refractivity contribution is 7.99. The van der Waals surface area contributed by atoms with Crippen molar-refractivity contribution < 1.29 is 64.7 Å². The molecule has 2 unspecified atom stereocenters. The number of halogens is 6. The Bertz CT molecular complexity index is 900. The van der Waals surface area contributed by atoms with Crippen LogP contribution in [-0.4, -0.2) is 107 Å². The number of sulfonamides is 1. The largest absolute Gasteiger partial charge is 0.524 e. The maximum absolute atomic E-state index is 11.7. The van der Waals surface area contributed by atoms with Crippen molar-refractivity contribution in [1.29, 1.82) is 0 Å². The molecule has 0 fully saturated rings. The van der Waals surface area contributed by atoms with Crippen LogP contribution in [0.4, 0.5) is 26.3 Å². The van der Waals surface area contributed by atoms with E-state index in [-0.39, 0.29) is 12.4 Å². The first-order valence-electron chi connectivity index (χ1n) is 10.6. The van der Waals surface area contributed by atoms with E-state index in [9.17, 15) is 51.6 Å². The Kier molecular flexibility index (Phi) is 23.4. The summed E-state index contributed by atoms with van der Waals surface area (Å²) in [5, 5.41) is 0. The van der Waals surface area contributed by atoms with Gasteiger partial charge in [0.1, 0.15) is 0 Å². The van der Waals surface area contributed by atoms with Crippen molar-refractivity contribution >= 4 is 30.3 Å². The van der Waals surface area contributed by atoms with E-state index >= 15 is 0 Å². The molecule has 0 aromatic heterocycles. The van der Waals surface area contributed by atoms with Crippen molar-refractivity contribution in [3.8, 4) is 0 Å². The SMILES string of the molecule is CCN(CC)CC.COC(C)CN.COC(C)CNS(=O)(=O)C(F)(F)F.CS(=O)(=O)OS(=O)(=O)C(F)(F)F. The first-order valence-corrected chi connectivity index (χ1v) is 15.3. The lowest BCUT2D eigenvalue weighted by molar-refractivity contribution is -0.0498. The summed E-state index contributed by atoms with van der Waals surface area (Å²) in [5.74, 6) is 0. The van der Waals surface area contributed by atoms with Gasteiger partial charge in [0.2, 0.25) is 0 Å². The van der Waals surface area contributed by atoms with Crippen LogP contribution in [0.15, 0.2) is 0 Å². The fourth-order valence-corrected chi connectivity index (χ4v) is 3.59. The molecule has 21 heteroatoms. The summed E-state index contributed by atoms with van der Waals surface area (Å²) in [4.78, 5) is 2.38. The second-order valence-corrected chi connectivity index (χ2v) is 12.0. The summed E-state index contributed by atoms with van der Waals surface area (Å²) in [6, 6.07) is 0. The zero-order valence-corrected chi connectivity index (χ0v) is 24.8. The molecular formula is C17H39F6N3O9S3. The Hall–Kier alpha value is -0.810. The summed E-state index contributed by atoms with van der Waals surface area (Å²) in [5.41, 5.74) is -5.83. The monoisotopic (exact) mass is 639 g/mol. The number of ether oxygens (including phenoxy) is 2. The minimum Gasteiger partial charge on any atom is -0.380 e. The Balaban J connectivity index is -0.000000213. The van der Waals surface area contributed by atoms with Crippen molar-refractivity contribution in [2.45, 2.75) is 57.8 Å². The maximum atomic E-state index is 11.7. The first-order chi connectivity index (χ1) is 16.8. The van der Waals surface area contributed by atoms with E-state index in [1.54, 1.807) is 7.11 Å². The van der Waals surface area contributed by atoms with E-state index in [0.717, 1.165) is 0 Å². The van der Waals surface area contributed by atoms with Crippen LogP contribution < -0.4 is 10.5 Å². The second-order valence-electron chi connectivity index (χ2n) is 6.92. The molecule has 0 amide bonds. The zero-order valence-electron chi connectivity index (χ0n) is 22.4. The lowest BCUT2D eigenvalue weighted by atomic mass is 10.4. The summed E-state index contributed by atoms with van der Waals surface area (Å²) in [7, 11) is -13.0. The molecule has 3 N–H and O–H groups in total. The molecule has 12 nitrogen and oxygen atoms in total. The molecule has 236 valence electrons. The average Bonchev–Trinajstić information content (AvgIpc) is 2.76. The molecule has 0 aliphatic rings. The lowest BCUT2D eigenvalue weighted by Gasteiger charge is -2.13. The van der Waals surface area contributed by atoms with Crippen LogP contribution in [0.2, 0.25) is 0 Å². The predicted octanol–water partition coefficient (Wildman–Crippen LogP) is 1.60. The van der Waals surface area contributed by atoms with E-state index in [4.69, 9.17) is 10.5 Å². The third-order valence-corrected chi connectivity index (χ3v) is 7.27. The van der Waals surface area contributed by atoms with E-state index in [1.807, 2.05) is 6.92 Å². The summed E-state index contributed by atoms with van der Waals surface area (Å²) >= 11 is 0. The zero-order chi connectivity index (χ0) is 31.6. The van der Waals surface area contributed by atoms with Gasteiger partial charge in [-0.15, -0.1) is 3.63 Å². The average molecular weight is 640 g/mol. The van der Waals surface area contributed by atoms with Gasteiger partial charge in [-0.25, -0.2) is 13.1 Å². The highest BCUT2D eigenvalue weighted by Gasteiger charge is 2.49. The fourth-order valence-electron chi connectivity index (χ4n) is 1.36. The Labute approximate surface area is 221 Å². The van der Waals surface area contributed by atoms with Crippen LogP contribution in [-0.2, 0) is 43.4 Å². The van der Waals surface area contributed by atoms with Gasteiger partial charge in [-0.1, -0.05) is 20.8 Å². The van der Waals surface area contributed by atoms with Gasteiger partial charge in [0.15, 0.2) is 0 Å². The second kappa shape index (κ2) is 20.1. The van der Waals surface area contributed by atoms with Gasteiger partial charge in [0, 0.05) is 27.3 Å². The number of methoxy groups -OCH3 is 2. The van der Waals surface area contributed by atoms with Gasteiger partial charge in [0.25, 0.3) is 10.1 Å². The third-order valence-electron chi connectivity index (χ3n) is 3.84. The van der Waals surface area contributed by atoms with Crippen molar-refractivity contribution in [2.24, 2.45) is 5.73 Å². The van der Waals surface area contributed by atoms with Gasteiger partial charge >= 0.3 is 31.2 Å². The molecule has 0 aliphatic carbocycles. The number of nitrogens with one attached hydrogen (secondary N) is 1. The van der Waals surface area contributed by atoms with Crippen LogP contribution in [0.25, 0.3) is 0 Å². The number of alkyl halides is 6. The standard InChI is InChI=1S/C6H15N.C5H10F3NO3S.C4H11NO.C2H3F3O5S2/c1-4-7(5-2)6-3;1-4(12-2)3-9-13(10,11)5(6,7)8;1-4(3-5)6-2;1-11(6,7)10-12(8,9)2(3,4)5/h4-6H2,1-3H3;4,9H,3H2,1-2H3;4H,3,5H2,1-2H3;1H3. The molecule has 38 heavy (non-hydrogen) atoms. The van der Waals surface area contributed by atoms with Gasteiger partial charge in [-0.2, -0.15) is 43.2 Å². The molecule has 2 atom stereocenters. The number of hydrogen-bond acceptors (Lipinski definition) is 11. The molecule has 0 saturated carbocycles. The summed E-state index contributed by atoms with van der Waals surface area (Å²) in [6.07, 6.45) is -0.196. The van der Waals surface area contributed by atoms with Crippen LogP contribution in [0, 0.1) is 0 Å². The lowest BCUT2D eigenvalue weighted by Crippen LogP contribution is -2.40. The van der Waals surface area contributed by atoms with Gasteiger partial charge in [0.05, 0.1) is 18.5 Å². The summed E-state index contributed by atoms with van der Waals surface area (Å²) in [6.45, 7) is 13.7. The van der Waals surface area contributed by atoms with Crippen LogP contribution in [0.3, 0.4) is 0 Å². The predicted molar refractivity (Wildman–Crippen MR) is 129 cm³/mol. The Morgan fingerprint density at radius 2 is 1.16 bits per heavy atom. The van der Waals surface area contributed by atoms with Crippen molar-refractivity contribution in [2.75, 3.05) is 53.2 Å². The quantitative estimate of drug-likeness (QED) is 0.249. The molecule has 0 heterocycles. The molecule has 0 rings (SSSR count). The molecular weight excluding hydrogens is 600 g/mol. The Morgan fingerprint density at radius 3 is 1.29 bits per heavy atom. The highest BCUT2D eigenvalue weighted by Crippen LogP contribution is 2.25. The first kappa shape index (κ1) is 44.2. The maximum Gasteiger partial charge on any atom is 0.524 e. The fraction of sp³-hybridized carbons (Fsp3) is 1.00. The van der Waals surface area contributed by atoms with E-state index in [2.05, 4.69) is 34.0 Å². The molecule has 0 aromatic carbocycles. The third kappa shape index (κ3) is 24.2. The number of nitrogens with zero attached hydrogens (tertiary/aromatic N) is 1. The molecule has 0 bridgehead atoms. The van der Waals surface area contributed by atoms with Crippen molar-refractivity contribution in [3.63, 3.8) is 0 Å². The Morgan fingerprint density at radius 1 is 0.789 bits per heavy atom. The van der Waals surface area contributed by atoms with Gasteiger partial charge in [-0.3, -0.25) is 0 Å². The van der Waals surface area contributed by atoms with E-state index < -0.39 is 53.9 Å². The van der Waals surface area contributed by atoms with Crippen molar-refractivity contribution in [3.05, 3.63) is 0 Å². The molecule has 0 aromatic rings. The van der Waals surface area contributed by atoms with Gasteiger partial charge < -0.3 is 20.1 Å². The molecule has 0 spiro atoms. The minimum absolute atomic E-state index is 0.191. The number of nitrogens with two attached hydrogens (primary N) is 1. The molecule has 0 aliphatic heterocycles. The molecule has 0 radical (unpaired) electrons. The minimum atomic E-state index is -6.04. The smallest absolute Gasteiger partial charge is 0.380 e. The van der Waals surface area contributed by atoms with E-state index in [0.29, 0.717) is 6.54 Å². The number of hydrogen-bond donors (Lipinski definition) is 2. The van der Waals surface area contributed by atoms with E-state index in [1.165, 1.54) is 38.4 Å². The number of rotatable bonds is 11. The van der Waals surface area contributed by atoms with Crippen LogP contribution >= 0.6 is 0 Å². The molecule has 0 saturated heterocycles. The van der Waals surface area contributed by atoms with Gasteiger partial charge in [-0.05, 0) is 33.5 Å².